The summed E-state index contributed by atoms with van der Waals surface area (Å²) < 4.78 is 5.02. The number of carbonyl (C=O) groups is 3. The molecule has 0 radical (unpaired) electrons. The van der Waals surface area contributed by atoms with Gasteiger partial charge >= 0.3 is 5.97 Å². The summed E-state index contributed by atoms with van der Waals surface area (Å²) in [5.74, 6) is -1.24. The lowest BCUT2D eigenvalue weighted by molar-refractivity contribution is -0.147. The largest absolute Gasteiger partial charge is 0.456 e. The molecular weight excluding hydrogens is 364 g/mol. The second kappa shape index (κ2) is 8.73. The minimum atomic E-state index is -0.585. The smallest absolute Gasteiger partial charge is 0.307 e. The molecule has 2 amide bonds. The summed E-state index contributed by atoms with van der Waals surface area (Å²) in [6.45, 7) is 1.67. The van der Waals surface area contributed by atoms with Gasteiger partial charge in [-0.15, -0.1) is 11.8 Å². The number of hydrogen-bond acceptors (Lipinski definition) is 5. The normalized spacial score (nSPS) is 15.4. The predicted molar refractivity (Wildman–Crippen MR) is 105 cm³/mol. The first-order chi connectivity index (χ1) is 13.0. The molecule has 2 aromatic carbocycles. The van der Waals surface area contributed by atoms with Crippen LogP contribution in [-0.2, 0) is 25.5 Å². The van der Waals surface area contributed by atoms with Crippen LogP contribution >= 0.6 is 11.8 Å². The van der Waals surface area contributed by atoms with Crippen LogP contribution in [0.5, 0.6) is 0 Å². The maximum Gasteiger partial charge on any atom is 0.307 e. The van der Waals surface area contributed by atoms with Crippen LogP contribution in [0.2, 0.25) is 0 Å². The lowest BCUT2D eigenvalue weighted by Crippen LogP contribution is -2.32. The molecule has 6 nitrogen and oxygen atoms in total. The Bertz CT molecular complexity index is 851. The number of amides is 2. The zero-order valence-electron chi connectivity index (χ0n) is 14.9. The highest BCUT2D eigenvalue weighted by Crippen LogP contribution is 2.36. The number of nitrogens with one attached hydrogen (secondary N) is 2. The van der Waals surface area contributed by atoms with Gasteiger partial charge in [0.25, 0.3) is 5.91 Å². The third-order valence-electron chi connectivity index (χ3n) is 4.07. The minimum Gasteiger partial charge on any atom is -0.456 e. The Morgan fingerprint density at radius 3 is 2.63 bits per heavy atom. The van der Waals surface area contributed by atoms with Crippen molar-refractivity contribution < 1.29 is 19.1 Å². The average molecular weight is 384 g/mol. The molecule has 0 saturated carbocycles. The Kier molecular flexibility index (Phi) is 6.13. The van der Waals surface area contributed by atoms with Gasteiger partial charge in [0.15, 0.2) is 6.61 Å². The van der Waals surface area contributed by atoms with Crippen LogP contribution in [0.1, 0.15) is 18.9 Å². The van der Waals surface area contributed by atoms with Gasteiger partial charge in [0, 0.05) is 10.6 Å². The summed E-state index contributed by atoms with van der Waals surface area (Å²) >= 11 is 1.32. The summed E-state index contributed by atoms with van der Waals surface area (Å²) in [6.07, 6.45) is 0.826. The van der Waals surface area contributed by atoms with Crippen LogP contribution in [0.4, 0.5) is 11.4 Å². The number of esters is 1. The predicted octanol–water partition coefficient (Wildman–Crippen LogP) is 3.23. The van der Waals surface area contributed by atoms with Crippen molar-refractivity contribution in [2.75, 3.05) is 17.2 Å². The fourth-order valence-electron chi connectivity index (χ4n) is 2.60. The molecule has 2 aromatic rings. The molecule has 0 saturated heterocycles. The zero-order valence-corrected chi connectivity index (χ0v) is 15.7. The summed E-state index contributed by atoms with van der Waals surface area (Å²) in [4.78, 5) is 36.9. The number of thioether (sulfide) groups is 1. The fraction of sp³-hybridized carbons (Fsp3) is 0.250. The van der Waals surface area contributed by atoms with Crippen molar-refractivity contribution in [1.82, 2.24) is 0 Å². The van der Waals surface area contributed by atoms with E-state index in [1.54, 1.807) is 12.1 Å². The van der Waals surface area contributed by atoms with Gasteiger partial charge in [-0.2, -0.15) is 0 Å². The molecule has 1 heterocycles. The third-order valence-corrected chi connectivity index (χ3v) is 5.34. The Labute approximate surface area is 161 Å². The highest BCUT2D eigenvalue weighted by Gasteiger charge is 2.29. The minimum absolute atomic E-state index is 0.0939. The van der Waals surface area contributed by atoms with E-state index in [0.29, 0.717) is 5.69 Å². The molecule has 2 N–H and O–H groups in total. The monoisotopic (exact) mass is 384 g/mol. The van der Waals surface area contributed by atoms with Crippen molar-refractivity contribution >= 4 is 40.9 Å². The van der Waals surface area contributed by atoms with Crippen LogP contribution in [0.25, 0.3) is 0 Å². The lowest BCUT2D eigenvalue weighted by Gasteiger charge is -2.23. The number of rotatable bonds is 6. The van der Waals surface area contributed by atoms with Crippen LogP contribution in [0, 0.1) is 0 Å². The zero-order chi connectivity index (χ0) is 19.2. The van der Waals surface area contributed by atoms with Crippen molar-refractivity contribution in [1.29, 1.82) is 0 Å². The Morgan fingerprint density at radius 1 is 1.15 bits per heavy atom. The molecule has 3 rings (SSSR count). The standard InChI is InChI=1S/C20H20N2O4S/c1-2-13-7-9-14(10-8-13)21-18(23)12-26-19(24)11-17-20(25)22-15-5-3-4-6-16(15)27-17/h3-10,17H,2,11-12H2,1H3,(H,21,23)(H,22,25)/t17-/m1/s1. The molecule has 0 unspecified atom stereocenters. The SMILES string of the molecule is CCc1ccc(NC(=O)COC(=O)C[C@H]2Sc3ccccc3NC2=O)cc1. The number of carbonyl (C=O) groups excluding carboxylic acids is 3. The molecule has 140 valence electrons. The van der Waals surface area contributed by atoms with E-state index in [4.69, 9.17) is 4.74 Å². The van der Waals surface area contributed by atoms with E-state index in [9.17, 15) is 14.4 Å². The van der Waals surface area contributed by atoms with E-state index in [2.05, 4.69) is 17.6 Å². The van der Waals surface area contributed by atoms with E-state index < -0.39 is 17.1 Å². The first-order valence-corrected chi connectivity index (χ1v) is 9.54. The molecule has 7 heteroatoms. The van der Waals surface area contributed by atoms with Gasteiger partial charge in [-0.1, -0.05) is 31.2 Å². The Morgan fingerprint density at radius 2 is 1.89 bits per heavy atom. The Hall–Kier alpha value is -2.80. The molecule has 0 aromatic heterocycles. The summed E-state index contributed by atoms with van der Waals surface area (Å²) in [5, 5.41) is 4.88. The van der Waals surface area contributed by atoms with Crippen molar-refractivity contribution in [2.45, 2.75) is 29.9 Å². The van der Waals surface area contributed by atoms with Gasteiger partial charge in [0.05, 0.1) is 17.4 Å². The van der Waals surface area contributed by atoms with Gasteiger partial charge in [-0.25, -0.2) is 0 Å². The molecule has 1 aliphatic rings. The van der Waals surface area contributed by atoms with Crippen molar-refractivity contribution in [2.24, 2.45) is 0 Å². The lowest BCUT2D eigenvalue weighted by atomic mass is 10.1. The van der Waals surface area contributed by atoms with E-state index >= 15 is 0 Å². The molecule has 1 atom stereocenters. The number of ether oxygens (including phenoxy) is 1. The fourth-order valence-corrected chi connectivity index (χ4v) is 3.70. The van der Waals surface area contributed by atoms with E-state index in [1.807, 2.05) is 36.4 Å². The highest BCUT2D eigenvalue weighted by molar-refractivity contribution is 8.01. The van der Waals surface area contributed by atoms with Crippen molar-refractivity contribution in [3.05, 3.63) is 54.1 Å². The number of hydrogen-bond donors (Lipinski definition) is 2. The third kappa shape index (κ3) is 5.10. The van der Waals surface area contributed by atoms with Gasteiger partial charge in [0.2, 0.25) is 5.91 Å². The van der Waals surface area contributed by atoms with Crippen LogP contribution < -0.4 is 10.6 Å². The van der Waals surface area contributed by atoms with Gasteiger partial charge in [0.1, 0.15) is 0 Å². The maximum atomic E-state index is 12.1. The molecule has 1 aliphatic heterocycles. The number of para-hydroxylation sites is 1. The molecule has 0 fully saturated rings. The molecule has 27 heavy (non-hydrogen) atoms. The van der Waals surface area contributed by atoms with E-state index in [1.165, 1.54) is 17.3 Å². The topological polar surface area (TPSA) is 84.5 Å². The molecule has 0 aliphatic carbocycles. The number of aryl methyl sites for hydroxylation is 1. The van der Waals surface area contributed by atoms with E-state index in [-0.39, 0.29) is 18.9 Å². The van der Waals surface area contributed by atoms with Crippen LogP contribution in [-0.4, -0.2) is 29.6 Å². The maximum absolute atomic E-state index is 12.1. The van der Waals surface area contributed by atoms with Gasteiger partial charge in [-0.3, -0.25) is 14.4 Å². The average Bonchev–Trinajstić information content (AvgIpc) is 2.67. The summed E-state index contributed by atoms with van der Waals surface area (Å²) in [7, 11) is 0. The second-order valence-electron chi connectivity index (χ2n) is 6.06. The van der Waals surface area contributed by atoms with Gasteiger partial charge < -0.3 is 15.4 Å². The first kappa shape index (κ1) is 19.0. The van der Waals surface area contributed by atoms with E-state index in [0.717, 1.165) is 17.0 Å². The second-order valence-corrected chi connectivity index (χ2v) is 7.30. The first-order valence-electron chi connectivity index (χ1n) is 8.66. The molecular formula is C20H20N2O4S. The number of fused-ring (bicyclic) bond motifs is 1. The quantitative estimate of drug-likeness (QED) is 0.747. The molecule has 0 spiro atoms. The van der Waals surface area contributed by atoms with Crippen LogP contribution in [0.3, 0.4) is 0 Å². The number of benzene rings is 2. The Balaban J connectivity index is 1.46. The van der Waals surface area contributed by atoms with Crippen molar-refractivity contribution in [3.63, 3.8) is 0 Å². The molecule has 0 bridgehead atoms. The highest BCUT2D eigenvalue weighted by atomic mass is 32.2. The van der Waals surface area contributed by atoms with Crippen molar-refractivity contribution in [3.8, 4) is 0 Å². The van der Waals surface area contributed by atoms with Crippen LogP contribution in [0.15, 0.2) is 53.4 Å². The summed E-state index contributed by atoms with van der Waals surface area (Å²) in [6, 6.07) is 14.9. The van der Waals surface area contributed by atoms with Gasteiger partial charge in [-0.05, 0) is 36.2 Å². The summed E-state index contributed by atoms with van der Waals surface area (Å²) in [5.41, 5.74) is 2.56. The number of anilines is 2.